The third-order valence-electron chi connectivity index (χ3n) is 6.75. The normalized spacial score (nSPS) is 20.2. The minimum Gasteiger partial charge on any atom is -0.334 e. The van der Waals surface area contributed by atoms with Gasteiger partial charge in [0, 0.05) is 37.2 Å². The summed E-state index contributed by atoms with van der Waals surface area (Å²) >= 11 is 0. The van der Waals surface area contributed by atoms with Crippen LogP contribution in [0, 0.1) is 0 Å². The van der Waals surface area contributed by atoms with E-state index in [0.29, 0.717) is 30.6 Å². The van der Waals surface area contributed by atoms with E-state index in [1.807, 2.05) is 4.90 Å². The van der Waals surface area contributed by atoms with Crippen LogP contribution in [0.3, 0.4) is 0 Å². The molecule has 1 N–H and O–H groups in total. The van der Waals surface area contributed by atoms with Gasteiger partial charge in [-0.15, -0.1) is 0 Å². The molecule has 3 aliphatic heterocycles. The van der Waals surface area contributed by atoms with Crippen LogP contribution in [0.4, 0.5) is 0 Å². The Morgan fingerprint density at radius 3 is 2.62 bits per heavy atom. The number of piperidine rings is 1. The van der Waals surface area contributed by atoms with Crippen LogP contribution in [-0.4, -0.2) is 46.0 Å². The molecule has 0 bridgehead atoms. The van der Waals surface area contributed by atoms with Gasteiger partial charge in [-0.05, 0) is 59.7 Å². The van der Waals surface area contributed by atoms with Crippen LogP contribution in [0.5, 0.6) is 0 Å². The number of amides is 4. The molecule has 0 saturated carbocycles. The van der Waals surface area contributed by atoms with E-state index in [1.165, 1.54) is 21.6 Å². The summed E-state index contributed by atoms with van der Waals surface area (Å²) < 4.78 is 0. The topological polar surface area (TPSA) is 86.8 Å². The molecule has 0 aliphatic carbocycles. The summed E-state index contributed by atoms with van der Waals surface area (Å²) in [6, 6.07) is 11.0. The Morgan fingerprint density at radius 1 is 1.00 bits per heavy atom. The minimum absolute atomic E-state index is 0.0488. The summed E-state index contributed by atoms with van der Waals surface area (Å²) in [5.74, 6) is -1.02. The molecule has 7 heteroatoms. The van der Waals surface area contributed by atoms with Gasteiger partial charge in [0.05, 0.1) is 0 Å². The van der Waals surface area contributed by atoms with E-state index in [4.69, 9.17) is 0 Å². The zero-order valence-corrected chi connectivity index (χ0v) is 18.0. The van der Waals surface area contributed by atoms with Gasteiger partial charge in [0.1, 0.15) is 6.04 Å². The van der Waals surface area contributed by atoms with Crippen molar-refractivity contribution >= 4 is 23.6 Å². The van der Waals surface area contributed by atoms with Crippen LogP contribution in [-0.2, 0) is 35.5 Å². The fourth-order valence-electron chi connectivity index (χ4n) is 4.89. The van der Waals surface area contributed by atoms with E-state index in [9.17, 15) is 19.2 Å². The Bertz CT molecular complexity index is 1160. The average molecular weight is 431 g/mol. The number of carbonyl (C=O) groups is 4. The highest BCUT2D eigenvalue weighted by molar-refractivity contribution is 6.06. The molecule has 5 rings (SSSR count). The van der Waals surface area contributed by atoms with Gasteiger partial charge in [-0.3, -0.25) is 24.5 Å². The molecule has 4 amide bonds. The van der Waals surface area contributed by atoms with E-state index in [0.717, 1.165) is 18.4 Å². The summed E-state index contributed by atoms with van der Waals surface area (Å²) in [6.07, 6.45) is 2.33. The highest BCUT2D eigenvalue weighted by atomic mass is 16.2. The number of benzene rings is 2. The maximum Gasteiger partial charge on any atom is 0.255 e. The van der Waals surface area contributed by atoms with Gasteiger partial charge < -0.3 is 9.80 Å². The predicted octanol–water partition coefficient (Wildman–Crippen LogP) is 2.21. The standard InChI is InChI=1S/C25H25N3O4/c1-2-15-3-4-16-9-10-27(13-18(16)11-15)24(31)17-5-6-20-19(12-17)14-28(25(20)32)21-7-8-22(29)26-23(21)30/h3-6,11-12,21H,2,7-10,13-14H2,1H3,(H,26,29,30). The number of fused-ring (bicyclic) bond motifs is 2. The number of carbonyl (C=O) groups excluding carboxylic acids is 4. The Hall–Kier alpha value is -3.48. The molecule has 32 heavy (non-hydrogen) atoms. The second-order valence-corrected chi connectivity index (χ2v) is 8.71. The van der Waals surface area contributed by atoms with Crippen molar-refractivity contribution in [3.05, 3.63) is 69.8 Å². The smallest absolute Gasteiger partial charge is 0.255 e. The Morgan fingerprint density at radius 2 is 1.84 bits per heavy atom. The zero-order chi connectivity index (χ0) is 22.4. The fourth-order valence-corrected chi connectivity index (χ4v) is 4.89. The molecule has 1 atom stereocenters. The lowest BCUT2D eigenvalue weighted by atomic mass is 9.96. The average Bonchev–Trinajstić information content (AvgIpc) is 3.13. The minimum atomic E-state index is -0.655. The molecule has 0 radical (unpaired) electrons. The van der Waals surface area contributed by atoms with E-state index in [1.54, 1.807) is 18.2 Å². The van der Waals surface area contributed by atoms with Crippen molar-refractivity contribution in [2.75, 3.05) is 6.54 Å². The molecule has 3 heterocycles. The molecular weight excluding hydrogens is 406 g/mol. The Balaban J connectivity index is 1.34. The van der Waals surface area contributed by atoms with Crippen molar-refractivity contribution in [3.63, 3.8) is 0 Å². The van der Waals surface area contributed by atoms with E-state index in [-0.39, 0.29) is 30.7 Å². The molecule has 2 aromatic carbocycles. The number of hydrogen-bond acceptors (Lipinski definition) is 4. The molecule has 0 aromatic heterocycles. The van der Waals surface area contributed by atoms with E-state index < -0.39 is 11.9 Å². The summed E-state index contributed by atoms with van der Waals surface area (Å²) in [7, 11) is 0. The molecular formula is C25H25N3O4. The third kappa shape index (κ3) is 3.47. The van der Waals surface area contributed by atoms with Crippen molar-refractivity contribution < 1.29 is 19.2 Å². The van der Waals surface area contributed by atoms with E-state index >= 15 is 0 Å². The lowest BCUT2D eigenvalue weighted by Crippen LogP contribution is -2.52. The summed E-state index contributed by atoms with van der Waals surface area (Å²) in [6.45, 7) is 3.64. The molecule has 2 aromatic rings. The summed E-state index contributed by atoms with van der Waals surface area (Å²) in [5, 5.41) is 2.31. The monoisotopic (exact) mass is 431 g/mol. The molecule has 1 saturated heterocycles. The van der Waals surface area contributed by atoms with Gasteiger partial charge >= 0.3 is 0 Å². The first-order valence-corrected chi connectivity index (χ1v) is 11.1. The van der Waals surface area contributed by atoms with Gasteiger partial charge in [0.2, 0.25) is 11.8 Å². The molecule has 7 nitrogen and oxygen atoms in total. The maximum absolute atomic E-state index is 13.2. The first kappa shape index (κ1) is 20.4. The first-order valence-electron chi connectivity index (χ1n) is 11.1. The van der Waals surface area contributed by atoms with Gasteiger partial charge in [0.25, 0.3) is 11.8 Å². The number of hydrogen-bond donors (Lipinski definition) is 1. The maximum atomic E-state index is 13.2. The van der Waals surface area contributed by atoms with Crippen molar-refractivity contribution in [2.24, 2.45) is 0 Å². The van der Waals surface area contributed by atoms with Crippen molar-refractivity contribution in [1.29, 1.82) is 0 Å². The van der Waals surface area contributed by atoms with Gasteiger partial charge in [0.15, 0.2) is 0 Å². The second-order valence-electron chi connectivity index (χ2n) is 8.71. The van der Waals surface area contributed by atoms with Crippen LogP contribution >= 0.6 is 0 Å². The first-order chi connectivity index (χ1) is 15.4. The predicted molar refractivity (Wildman–Crippen MR) is 117 cm³/mol. The molecule has 164 valence electrons. The number of nitrogens with zero attached hydrogens (tertiary/aromatic N) is 2. The number of imide groups is 1. The lowest BCUT2D eigenvalue weighted by molar-refractivity contribution is -0.136. The third-order valence-corrected chi connectivity index (χ3v) is 6.75. The van der Waals surface area contributed by atoms with Crippen molar-refractivity contribution in [3.8, 4) is 0 Å². The van der Waals surface area contributed by atoms with Crippen LogP contribution in [0.25, 0.3) is 0 Å². The van der Waals surface area contributed by atoms with Gasteiger partial charge in [-0.2, -0.15) is 0 Å². The summed E-state index contributed by atoms with van der Waals surface area (Å²) in [4.78, 5) is 53.1. The highest BCUT2D eigenvalue weighted by Gasteiger charge is 2.39. The molecule has 1 unspecified atom stereocenters. The Labute approximate surface area is 186 Å². The van der Waals surface area contributed by atoms with Crippen LogP contribution in [0.15, 0.2) is 36.4 Å². The summed E-state index contributed by atoms with van der Waals surface area (Å²) in [5.41, 5.74) is 5.58. The molecule has 0 spiro atoms. The fraction of sp³-hybridized carbons (Fsp3) is 0.360. The zero-order valence-electron chi connectivity index (χ0n) is 18.0. The van der Waals surface area contributed by atoms with Gasteiger partial charge in [-0.25, -0.2) is 0 Å². The van der Waals surface area contributed by atoms with Crippen LogP contribution in [0.2, 0.25) is 0 Å². The van der Waals surface area contributed by atoms with Crippen molar-refractivity contribution in [2.45, 2.75) is 51.7 Å². The highest BCUT2D eigenvalue weighted by Crippen LogP contribution is 2.29. The Kier molecular flexibility index (Phi) is 5.04. The second kappa shape index (κ2) is 7.89. The lowest BCUT2D eigenvalue weighted by Gasteiger charge is -2.29. The van der Waals surface area contributed by atoms with Crippen molar-refractivity contribution in [1.82, 2.24) is 15.1 Å². The SMILES string of the molecule is CCc1ccc2c(c1)CN(C(=O)c1ccc3c(c1)CN(C1CCC(=O)NC1=O)C3=O)CC2. The number of aryl methyl sites for hydroxylation is 1. The van der Waals surface area contributed by atoms with Gasteiger partial charge in [-0.1, -0.05) is 25.1 Å². The number of rotatable bonds is 3. The van der Waals surface area contributed by atoms with E-state index in [2.05, 4.69) is 30.4 Å². The van der Waals surface area contributed by atoms with Crippen LogP contribution < -0.4 is 5.32 Å². The number of nitrogens with one attached hydrogen (secondary N) is 1. The van der Waals surface area contributed by atoms with Crippen LogP contribution in [0.1, 0.15) is 62.7 Å². The molecule has 3 aliphatic rings. The molecule has 1 fully saturated rings. The quantitative estimate of drug-likeness (QED) is 0.755. The largest absolute Gasteiger partial charge is 0.334 e.